The maximum absolute atomic E-state index is 12.3. The highest BCUT2D eigenvalue weighted by molar-refractivity contribution is 7.87. The minimum atomic E-state index is -4.00. The van der Waals surface area contributed by atoms with Crippen molar-refractivity contribution in [1.29, 1.82) is 0 Å². The highest BCUT2D eigenvalue weighted by Gasteiger charge is 2.18. The van der Waals surface area contributed by atoms with E-state index in [2.05, 4.69) is 5.32 Å². The number of rotatable bonds is 5. The lowest BCUT2D eigenvalue weighted by Gasteiger charge is -2.10. The molecule has 6 nitrogen and oxygen atoms in total. The topological polar surface area (TPSA) is 98.5 Å². The van der Waals surface area contributed by atoms with E-state index in [0.717, 1.165) is 0 Å². The number of benzene rings is 2. The lowest BCUT2D eigenvalue weighted by Crippen LogP contribution is -2.21. The number of hydrogen-bond acceptors (Lipinski definition) is 5. The largest absolute Gasteiger partial charge is 0.379 e. The van der Waals surface area contributed by atoms with Crippen LogP contribution in [-0.4, -0.2) is 20.9 Å². The molecule has 3 N–H and O–H groups in total. The lowest BCUT2D eigenvalue weighted by molar-refractivity contribution is -0.114. The average Bonchev–Trinajstić information content (AvgIpc) is 2.51. The van der Waals surface area contributed by atoms with Gasteiger partial charge < -0.3 is 15.2 Å². The van der Waals surface area contributed by atoms with Gasteiger partial charge in [0.25, 0.3) is 0 Å². The minimum Gasteiger partial charge on any atom is -0.379 e. The van der Waals surface area contributed by atoms with Crippen LogP contribution in [0.1, 0.15) is 5.56 Å². The van der Waals surface area contributed by atoms with Crippen LogP contribution in [0.25, 0.3) is 0 Å². The van der Waals surface area contributed by atoms with Crippen LogP contribution in [0, 0.1) is 6.92 Å². The standard InChI is InChI=1S/C15H15ClN2O4S/c1-10-2-3-11(16)8-14(10)22-23(20,21)13-6-4-12(5-7-13)18-15(19)9-17/h2-8H,9,17H2,1H3,(H,18,19). The summed E-state index contributed by atoms with van der Waals surface area (Å²) >= 11 is 5.85. The summed E-state index contributed by atoms with van der Waals surface area (Å²) in [7, 11) is -4.00. The summed E-state index contributed by atoms with van der Waals surface area (Å²) in [5, 5.41) is 2.90. The van der Waals surface area contributed by atoms with Gasteiger partial charge in [0, 0.05) is 16.8 Å². The first-order chi connectivity index (χ1) is 10.8. The van der Waals surface area contributed by atoms with Crippen molar-refractivity contribution in [3.05, 3.63) is 53.1 Å². The third-order valence-electron chi connectivity index (χ3n) is 2.96. The minimum absolute atomic E-state index is 0.0392. The van der Waals surface area contributed by atoms with E-state index in [0.29, 0.717) is 16.3 Å². The second-order valence-corrected chi connectivity index (χ2v) is 6.71. The van der Waals surface area contributed by atoms with Crippen LogP contribution in [0.15, 0.2) is 47.4 Å². The predicted octanol–water partition coefficient (Wildman–Crippen LogP) is 2.31. The van der Waals surface area contributed by atoms with E-state index in [1.165, 1.54) is 30.3 Å². The van der Waals surface area contributed by atoms with Gasteiger partial charge in [0.1, 0.15) is 10.6 Å². The highest BCUT2D eigenvalue weighted by Crippen LogP contribution is 2.26. The summed E-state index contributed by atoms with van der Waals surface area (Å²) in [4.78, 5) is 11.1. The molecule has 8 heteroatoms. The molecule has 2 rings (SSSR count). The molecule has 0 aromatic heterocycles. The second kappa shape index (κ2) is 6.99. The first-order valence-electron chi connectivity index (χ1n) is 6.62. The molecule has 0 aliphatic rings. The van der Waals surface area contributed by atoms with Crippen LogP contribution in [0.5, 0.6) is 5.75 Å². The molecule has 0 bridgehead atoms. The van der Waals surface area contributed by atoms with Crippen molar-refractivity contribution >= 4 is 33.3 Å². The monoisotopic (exact) mass is 354 g/mol. The Morgan fingerprint density at radius 2 is 1.87 bits per heavy atom. The summed E-state index contributed by atoms with van der Waals surface area (Å²) in [6, 6.07) is 10.3. The highest BCUT2D eigenvalue weighted by atomic mass is 35.5. The molecular weight excluding hydrogens is 340 g/mol. The van der Waals surface area contributed by atoms with Crippen molar-refractivity contribution in [2.24, 2.45) is 5.73 Å². The third kappa shape index (κ3) is 4.44. The summed E-state index contributed by atoms with van der Waals surface area (Å²) in [6.45, 7) is 1.56. The molecule has 0 unspecified atom stereocenters. The number of hydrogen-bond donors (Lipinski definition) is 2. The van der Waals surface area contributed by atoms with Gasteiger partial charge in [0.2, 0.25) is 5.91 Å². The molecule has 0 saturated carbocycles. The van der Waals surface area contributed by atoms with E-state index in [-0.39, 0.29) is 23.1 Å². The van der Waals surface area contributed by atoms with E-state index in [9.17, 15) is 13.2 Å². The maximum Gasteiger partial charge on any atom is 0.339 e. The molecule has 122 valence electrons. The molecule has 0 fully saturated rings. The maximum atomic E-state index is 12.3. The number of halogens is 1. The Balaban J connectivity index is 2.22. The van der Waals surface area contributed by atoms with Crippen LogP contribution in [-0.2, 0) is 14.9 Å². The van der Waals surface area contributed by atoms with E-state index >= 15 is 0 Å². The van der Waals surface area contributed by atoms with E-state index in [1.54, 1.807) is 19.1 Å². The Morgan fingerprint density at radius 3 is 2.48 bits per heavy atom. The van der Waals surface area contributed by atoms with Gasteiger partial charge in [0.15, 0.2) is 0 Å². The molecule has 23 heavy (non-hydrogen) atoms. The van der Waals surface area contributed by atoms with Gasteiger partial charge >= 0.3 is 10.1 Å². The number of nitrogens with two attached hydrogens (primary N) is 1. The molecule has 2 aromatic carbocycles. The Kier molecular flexibility index (Phi) is 5.25. The van der Waals surface area contributed by atoms with Gasteiger partial charge in [-0.05, 0) is 42.8 Å². The van der Waals surface area contributed by atoms with E-state index in [1.807, 2.05) is 0 Å². The predicted molar refractivity (Wildman–Crippen MR) is 88.1 cm³/mol. The fraction of sp³-hybridized carbons (Fsp3) is 0.133. The Bertz CT molecular complexity index is 820. The third-order valence-corrected chi connectivity index (χ3v) is 4.45. The number of anilines is 1. The molecule has 0 saturated heterocycles. The van der Waals surface area contributed by atoms with Crippen LogP contribution in [0.3, 0.4) is 0 Å². The van der Waals surface area contributed by atoms with Crippen LogP contribution in [0.4, 0.5) is 5.69 Å². The Labute approximate surface area is 139 Å². The molecule has 0 radical (unpaired) electrons. The quantitative estimate of drug-likeness (QED) is 0.803. The van der Waals surface area contributed by atoms with Gasteiger partial charge in [-0.15, -0.1) is 0 Å². The molecular formula is C15H15ClN2O4S. The number of carbonyl (C=O) groups is 1. The fourth-order valence-electron chi connectivity index (χ4n) is 1.75. The number of nitrogens with one attached hydrogen (secondary N) is 1. The Morgan fingerprint density at radius 1 is 1.22 bits per heavy atom. The smallest absolute Gasteiger partial charge is 0.339 e. The van der Waals surface area contributed by atoms with Crippen LogP contribution < -0.4 is 15.2 Å². The van der Waals surface area contributed by atoms with Gasteiger partial charge in [-0.25, -0.2) is 0 Å². The summed E-state index contributed by atoms with van der Waals surface area (Å²) in [5.74, 6) is -0.204. The van der Waals surface area contributed by atoms with E-state index < -0.39 is 10.1 Å². The van der Waals surface area contributed by atoms with E-state index in [4.69, 9.17) is 21.5 Å². The number of carbonyl (C=O) groups excluding carboxylic acids is 1. The zero-order chi connectivity index (χ0) is 17.0. The van der Waals surface area contributed by atoms with Crippen LogP contribution in [0.2, 0.25) is 5.02 Å². The Hall–Kier alpha value is -2.09. The summed E-state index contributed by atoms with van der Waals surface area (Å²) in [6.07, 6.45) is 0. The van der Waals surface area contributed by atoms with Crippen molar-refractivity contribution in [2.45, 2.75) is 11.8 Å². The normalized spacial score (nSPS) is 11.1. The molecule has 0 aliphatic carbocycles. The molecule has 0 spiro atoms. The molecule has 0 heterocycles. The lowest BCUT2D eigenvalue weighted by atomic mass is 10.2. The van der Waals surface area contributed by atoms with Crippen LogP contribution >= 0.6 is 11.6 Å². The van der Waals surface area contributed by atoms with Crippen molar-refractivity contribution in [1.82, 2.24) is 0 Å². The SMILES string of the molecule is Cc1ccc(Cl)cc1OS(=O)(=O)c1ccc(NC(=O)CN)cc1. The average molecular weight is 355 g/mol. The molecule has 0 atom stereocenters. The second-order valence-electron chi connectivity index (χ2n) is 4.72. The van der Waals surface area contributed by atoms with Gasteiger partial charge in [-0.2, -0.15) is 8.42 Å². The van der Waals surface area contributed by atoms with Crippen molar-refractivity contribution in [2.75, 3.05) is 11.9 Å². The zero-order valence-electron chi connectivity index (χ0n) is 12.2. The van der Waals surface area contributed by atoms with Crippen molar-refractivity contribution in [3.63, 3.8) is 0 Å². The van der Waals surface area contributed by atoms with Gasteiger partial charge in [0.05, 0.1) is 6.54 Å². The van der Waals surface area contributed by atoms with Gasteiger partial charge in [-0.3, -0.25) is 4.79 Å². The van der Waals surface area contributed by atoms with Crippen molar-refractivity contribution < 1.29 is 17.4 Å². The molecule has 2 aromatic rings. The summed E-state index contributed by atoms with van der Waals surface area (Å²) in [5.41, 5.74) is 6.28. The molecule has 0 aliphatic heterocycles. The zero-order valence-corrected chi connectivity index (χ0v) is 13.8. The number of amides is 1. The fourth-order valence-corrected chi connectivity index (χ4v) is 2.89. The molecule has 1 amide bonds. The summed E-state index contributed by atoms with van der Waals surface area (Å²) < 4.78 is 29.7. The first kappa shape index (κ1) is 17.3. The van der Waals surface area contributed by atoms with Gasteiger partial charge in [-0.1, -0.05) is 17.7 Å². The van der Waals surface area contributed by atoms with Crippen molar-refractivity contribution in [3.8, 4) is 5.75 Å². The number of aryl methyl sites for hydroxylation is 1. The first-order valence-corrected chi connectivity index (χ1v) is 8.41.